The van der Waals surface area contributed by atoms with Crippen molar-refractivity contribution < 1.29 is 23.8 Å². The minimum Gasteiger partial charge on any atom is -0.481 e. The first-order chi connectivity index (χ1) is 17.1. The second-order valence-corrected chi connectivity index (χ2v) is 9.60. The molecule has 0 saturated heterocycles. The lowest BCUT2D eigenvalue weighted by Gasteiger charge is -2.28. The van der Waals surface area contributed by atoms with Gasteiger partial charge in [-0.3, -0.25) is 9.59 Å². The van der Waals surface area contributed by atoms with Crippen LogP contribution < -0.4 is 5.32 Å². The molecule has 0 unspecified atom stereocenters. The Bertz CT molecular complexity index is 1200. The fourth-order valence-corrected chi connectivity index (χ4v) is 3.78. The number of benzene rings is 2. The molecule has 8 heteroatoms. The average molecular weight is 494 g/mol. The maximum Gasteiger partial charge on any atom is 0.304 e. The van der Waals surface area contributed by atoms with Crippen LogP contribution in [0.2, 0.25) is 0 Å². The lowest BCUT2D eigenvalue weighted by Crippen LogP contribution is -2.41. The number of nitrogens with one attached hydrogen (secondary N) is 1. The molecule has 1 heterocycles. The van der Waals surface area contributed by atoms with Gasteiger partial charge in [-0.1, -0.05) is 51.1 Å². The molecule has 3 aromatic rings. The van der Waals surface area contributed by atoms with E-state index in [-0.39, 0.29) is 30.6 Å². The highest BCUT2D eigenvalue weighted by molar-refractivity contribution is 5.91. The Labute approximate surface area is 210 Å². The predicted molar refractivity (Wildman–Crippen MR) is 137 cm³/mol. The van der Waals surface area contributed by atoms with E-state index in [0.717, 1.165) is 11.3 Å². The van der Waals surface area contributed by atoms with E-state index in [1.165, 1.54) is 12.1 Å². The van der Waals surface area contributed by atoms with Crippen molar-refractivity contribution in [2.24, 2.45) is 10.4 Å². The molecule has 190 valence electrons. The van der Waals surface area contributed by atoms with Gasteiger partial charge in [-0.15, -0.1) is 0 Å². The van der Waals surface area contributed by atoms with Crippen LogP contribution >= 0.6 is 0 Å². The van der Waals surface area contributed by atoms with Gasteiger partial charge < -0.3 is 19.7 Å². The van der Waals surface area contributed by atoms with Crippen LogP contribution in [-0.2, 0) is 20.9 Å². The minimum atomic E-state index is -1.03. The Kier molecular flexibility index (Phi) is 8.64. The summed E-state index contributed by atoms with van der Waals surface area (Å²) >= 11 is 0. The summed E-state index contributed by atoms with van der Waals surface area (Å²) < 4.78 is 21.3. The lowest BCUT2D eigenvalue weighted by atomic mass is 9.86. The molecule has 0 bridgehead atoms. The number of nitrogens with zero attached hydrogens (tertiary/aromatic N) is 2. The van der Waals surface area contributed by atoms with Crippen molar-refractivity contribution in [3.05, 3.63) is 90.0 Å². The van der Waals surface area contributed by atoms with Crippen molar-refractivity contribution in [3.63, 3.8) is 0 Å². The summed E-state index contributed by atoms with van der Waals surface area (Å²) in [5.74, 6) is -2.25. The third-order valence-electron chi connectivity index (χ3n) is 5.72. The number of aliphatic carboxylic acids is 1. The first-order valence-corrected chi connectivity index (χ1v) is 11.7. The second kappa shape index (κ2) is 11.7. The SMILES string of the molecule is CNC(=O)[C@@H](N=C(OCc1ccccc1)[C@@H](CC(=O)O)c1ccn(-c2ccc(F)cc2)c1)C(C)(C)C. The standard InChI is InChI=1S/C28H32FN3O4/c1-28(2,3)25(26(35)30-4)31-27(36-18-19-8-6-5-7-9-19)23(16-24(33)34)20-14-15-32(17-20)22-12-10-21(29)11-13-22/h5-15,17,23,25H,16,18H2,1-4H3,(H,30,35)(H,33,34)/t23-,25+/m0/s1. The fourth-order valence-electron chi connectivity index (χ4n) is 3.78. The summed E-state index contributed by atoms with van der Waals surface area (Å²) in [6.07, 6.45) is 3.26. The van der Waals surface area contributed by atoms with Gasteiger partial charge in [-0.25, -0.2) is 9.38 Å². The van der Waals surface area contributed by atoms with E-state index < -0.39 is 23.3 Å². The number of likely N-dealkylation sites (N-methyl/N-ethyl adjacent to an activating group) is 1. The Morgan fingerprint density at radius 1 is 1.08 bits per heavy atom. The number of aliphatic imine (C=N–C) groups is 1. The zero-order valence-corrected chi connectivity index (χ0v) is 20.9. The molecule has 7 nitrogen and oxygen atoms in total. The van der Waals surface area contributed by atoms with E-state index in [4.69, 9.17) is 9.73 Å². The molecular weight excluding hydrogens is 461 g/mol. The molecule has 0 aliphatic rings. The van der Waals surface area contributed by atoms with Gasteiger partial charge in [0.15, 0.2) is 5.90 Å². The second-order valence-electron chi connectivity index (χ2n) is 9.60. The maximum absolute atomic E-state index is 13.4. The molecule has 1 aromatic heterocycles. The van der Waals surface area contributed by atoms with Crippen LogP contribution in [0.1, 0.15) is 44.2 Å². The number of aromatic nitrogens is 1. The van der Waals surface area contributed by atoms with E-state index in [9.17, 15) is 19.1 Å². The highest BCUT2D eigenvalue weighted by Gasteiger charge is 2.34. The van der Waals surface area contributed by atoms with Gasteiger partial charge in [-0.2, -0.15) is 0 Å². The normalized spacial score (nSPS) is 13.6. The van der Waals surface area contributed by atoms with E-state index in [1.807, 2.05) is 51.1 Å². The number of carbonyl (C=O) groups excluding carboxylic acids is 1. The van der Waals surface area contributed by atoms with Gasteiger partial charge in [0.25, 0.3) is 0 Å². The molecule has 0 aliphatic heterocycles. The summed E-state index contributed by atoms with van der Waals surface area (Å²) in [4.78, 5) is 29.4. The molecule has 1 amide bonds. The van der Waals surface area contributed by atoms with E-state index in [1.54, 1.807) is 42.2 Å². The average Bonchev–Trinajstić information content (AvgIpc) is 3.33. The number of carbonyl (C=O) groups is 2. The topological polar surface area (TPSA) is 92.9 Å². The Morgan fingerprint density at radius 3 is 2.33 bits per heavy atom. The van der Waals surface area contributed by atoms with Crippen molar-refractivity contribution in [3.8, 4) is 5.69 Å². The van der Waals surface area contributed by atoms with Crippen molar-refractivity contribution in [1.29, 1.82) is 0 Å². The highest BCUT2D eigenvalue weighted by Crippen LogP contribution is 2.29. The molecular formula is C28H32FN3O4. The number of halogens is 1. The molecule has 0 aliphatic carbocycles. The van der Waals surface area contributed by atoms with Crippen molar-refractivity contribution in [2.45, 2.75) is 45.8 Å². The summed E-state index contributed by atoms with van der Waals surface area (Å²) in [6, 6.07) is 16.4. The largest absolute Gasteiger partial charge is 0.481 e. The van der Waals surface area contributed by atoms with Crippen LogP contribution in [0.4, 0.5) is 4.39 Å². The van der Waals surface area contributed by atoms with Gasteiger partial charge in [0.05, 0.1) is 12.3 Å². The van der Waals surface area contributed by atoms with Gasteiger partial charge >= 0.3 is 5.97 Å². The third kappa shape index (κ3) is 7.04. The maximum atomic E-state index is 13.4. The highest BCUT2D eigenvalue weighted by atomic mass is 19.1. The molecule has 2 atom stereocenters. The number of ether oxygens (including phenoxy) is 1. The molecule has 0 saturated carbocycles. The number of amides is 1. The number of rotatable bonds is 9. The summed E-state index contributed by atoms with van der Waals surface area (Å²) in [6.45, 7) is 5.84. The Hall–Kier alpha value is -3.94. The lowest BCUT2D eigenvalue weighted by molar-refractivity contribution is -0.137. The van der Waals surface area contributed by atoms with Gasteiger partial charge in [-0.05, 0) is 46.9 Å². The van der Waals surface area contributed by atoms with Crippen LogP contribution in [0.15, 0.2) is 78.0 Å². The number of carboxylic acids is 1. The van der Waals surface area contributed by atoms with Gasteiger partial charge in [0, 0.05) is 25.1 Å². The van der Waals surface area contributed by atoms with Crippen LogP contribution in [0.3, 0.4) is 0 Å². The number of hydrogen-bond acceptors (Lipinski definition) is 4. The first-order valence-electron chi connectivity index (χ1n) is 11.7. The quantitative estimate of drug-likeness (QED) is 0.326. The van der Waals surface area contributed by atoms with E-state index in [2.05, 4.69) is 5.32 Å². The predicted octanol–water partition coefficient (Wildman–Crippen LogP) is 4.95. The van der Waals surface area contributed by atoms with Crippen LogP contribution in [0, 0.1) is 11.2 Å². The van der Waals surface area contributed by atoms with Crippen molar-refractivity contribution >= 4 is 17.8 Å². The first kappa shape index (κ1) is 26.7. The summed E-state index contributed by atoms with van der Waals surface area (Å²) in [7, 11) is 1.54. The number of carboxylic acid groups (broad SMARTS) is 1. The smallest absolute Gasteiger partial charge is 0.304 e. The monoisotopic (exact) mass is 493 g/mol. The van der Waals surface area contributed by atoms with Crippen LogP contribution in [-0.4, -0.2) is 40.5 Å². The fraction of sp³-hybridized carbons (Fsp3) is 0.321. The van der Waals surface area contributed by atoms with Crippen LogP contribution in [0.5, 0.6) is 0 Å². The molecule has 36 heavy (non-hydrogen) atoms. The van der Waals surface area contributed by atoms with Crippen LogP contribution in [0.25, 0.3) is 5.69 Å². The summed E-state index contributed by atoms with van der Waals surface area (Å²) in [5.41, 5.74) is 1.71. The zero-order valence-electron chi connectivity index (χ0n) is 20.9. The molecule has 3 rings (SSSR count). The van der Waals surface area contributed by atoms with Gasteiger partial charge in [0.2, 0.25) is 5.91 Å². The van der Waals surface area contributed by atoms with Crippen molar-refractivity contribution in [1.82, 2.24) is 9.88 Å². The molecule has 0 spiro atoms. The number of hydrogen-bond donors (Lipinski definition) is 2. The molecule has 0 radical (unpaired) electrons. The molecule has 2 aromatic carbocycles. The zero-order chi connectivity index (χ0) is 26.3. The molecule has 0 fully saturated rings. The van der Waals surface area contributed by atoms with Crippen molar-refractivity contribution in [2.75, 3.05) is 7.05 Å². The minimum absolute atomic E-state index is 0.166. The Balaban J connectivity index is 2.06. The van der Waals surface area contributed by atoms with E-state index >= 15 is 0 Å². The van der Waals surface area contributed by atoms with E-state index in [0.29, 0.717) is 5.56 Å². The molecule has 2 N–H and O–H groups in total. The van der Waals surface area contributed by atoms with Gasteiger partial charge in [0.1, 0.15) is 18.5 Å². The third-order valence-corrected chi connectivity index (χ3v) is 5.72. The summed E-state index contributed by atoms with van der Waals surface area (Å²) in [5, 5.41) is 12.4. The Morgan fingerprint density at radius 2 is 1.75 bits per heavy atom.